The molecule has 0 radical (unpaired) electrons. The van der Waals surface area contributed by atoms with E-state index in [-0.39, 0.29) is 0 Å². The van der Waals surface area contributed by atoms with E-state index in [1.807, 2.05) is 0 Å². The van der Waals surface area contributed by atoms with Gasteiger partial charge in [0.25, 0.3) is 0 Å². The third kappa shape index (κ3) is 7.95. The molecule has 2 nitrogen and oxygen atoms in total. The molecule has 8 aromatic carbocycles. The van der Waals surface area contributed by atoms with Crippen molar-refractivity contribution in [3.8, 4) is 33.4 Å². The molecule has 1 aliphatic carbocycles. The summed E-state index contributed by atoms with van der Waals surface area (Å²) in [6, 6.07) is 75.1. The number of hydrogen-bond acceptors (Lipinski definition) is 2. The van der Waals surface area contributed by atoms with Crippen LogP contribution in [0.2, 0.25) is 5.02 Å². The third-order valence-corrected chi connectivity index (χ3v) is 10.9. The Morgan fingerprint density at radius 2 is 0.737 bits per heavy atom. The van der Waals surface area contributed by atoms with Crippen molar-refractivity contribution in [1.82, 2.24) is 0 Å². The fourth-order valence-corrected chi connectivity index (χ4v) is 7.96. The van der Waals surface area contributed by atoms with Crippen molar-refractivity contribution in [3.05, 3.63) is 247 Å². The van der Waals surface area contributed by atoms with E-state index in [1.54, 1.807) is 0 Å². The third-order valence-electron chi connectivity index (χ3n) is 10.6. The SMILES string of the molecule is Clc1cc(N(C2=CCC(c3ccccc3)C=C2)c2ccc(-c3ccccc3)cc2)cc(N(c2ccc(-c3ccccc3)cc2)c2ccc(-c3ccccc3)cc2)c1. The predicted molar refractivity (Wildman–Crippen MR) is 242 cm³/mol. The van der Waals surface area contributed by atoms with Crippen LogP contribution in [0.1, 0.15) is 17.9 Å². The Kier molecular flexibility index (Phi) is 10.3. The summed E-state index contributed by atoms with van der Waals surface area (Å²) >= 11 is 7.17. The number of allylic oxidation sites excluding steroid dienone is 3. The number of hydrogen-bond donors (Lipinski definition) is 0. The fraction of sp³-hybridized carbons (Fsp3) is 0.0370. The highest BCUT2D eigenvalue weighted by atomic mass is 35.5. The molecule has 1 aliphatic rings. The molecular formula is C54H41ClN2. The molecule has 0 fully saturated rings. The molecule has 9 rings (SSSR count). The van der Waals surface area contributed by atoms with Crippen LogP contribution in [-0.4, -0.2) is 0 Å². The van der Waals surface area contributed by atoms with Gasteiger partial charge in [-0.25, -0.2) is 0 Å². The van der Waals surface area contributed by atoms with Crippen LogP contribution in [0, 0.1) is 0 Å². The Labute approximate surface area is 340 Å². The molecule has 0 bridgehead atoms. The maximum absolute atomic E-state index is 7.17. The molecule has 274 valence electrons. The van der Waals surface area contributed by atoms with E-state index < -0.39 is 0 Å². The van der Waals surface area contributed by atoms with E-state index in [2.05, 4.69) is 240 Å². The Morgan fingerprint density at radius 1 is 0.368 bits per heavy atom. The fourth-order valence-electron chi connectivity index (χ4n) is 7.73. The standard InChI is InChI=1S/C54H41ClN2/c55-48-37-53(56(49-29-21-44(22-30-49)40-13-5-1-6-14-40)50-31-23-45(24-32-50)41-15-7-2-8-16-41)39-54(38-48)57(51-33-25-46(26-34-51)42-17-9-3-10-18-42)52-35-27-47(28-36-52)43-19-11-4-12-20-43/h1-27,29-39,47H,28H2. The van der Waals surface area contributed by atoms with Gasteiger partial charge in [0.1, 0.15) is 0 Å². The van der Waals surface area contributed by atoms with Crippen molar-refractivity contribution in [1.29, 1.82) is 0 Å². The quantitative estimate of drug-likeness (QED) is 0.137. The monoisotopic (exact) mass is 752 g/mol. The van der Waals surface area contributed by atoms with Gasteiger partial charge in [-0.2, -0.15) is 0 Å². The predicted octanol–water partition coefficient (Wildman–Crippen LogP) is 15.6. The maximum Gasteiger partial charge on any atom is 0.0497 e. The lowest BCUT2D eigenvalue weighted by molar-refractivity contribution is 0.840. The molecule has 0 spiro atoms. The van der Waals surface area contributed by atoms with Gasteiger partial charge in [0.15, 0.2) is 0 Å². The Morgan fingerprint density at radius 3 is 1.14 bits per heavy atom. The van der Waals surface area contributed by atoms with Crippen molar-refractivity contribution < 1.29 is 0 Å². The van der Waals surface area contributed by atoms with Gasteiger partial charge >= 0.3 is 0 Å². The van der Waals surface area contributed by atoms with Gasteiger partial charge in [0, 0.05) is 45.1 Å². The van der Waals surface area contributed by atoms with E-state index >= 15 is 0 Å². The molecule has 0 aliphatic heterocycles. The molecule has 8 aromatic rings. The van der Waals surface area contributed by atoms with Gasteiger partial charge in [0.2, 0.25) is 0 Å². The summed E-state index contributed by atoms with van der Waals surface area (Å²) < 4.78 is 0. The first kappa shape index (κ1) is 35.8. The zero-order valence-corrected chi connectivity index (χ0v) is 32.3. The molecule has 1 unspecified atom stereocenters. The van der Waals surface area contributed by atoms with Gasteiger partial charge in [-0.05, 0) is 106 Å². The normalized spacial score (nSPS) is 13.5. The average Bonchev–Trinajstić information content (AvgIpc) is 3.29. The van der Waals surface area contributed by atoms with Crippen molar-refractivity contribution in [2.24, 2.45) is 0 Å². The molecule has 0 aromatic heterocycles. The second-order valence-corrected chi connectivity index (χ2v) is 14.8. The maximum atomic E-state index is 7.17. The molecule has 0 heterocycles. The second kappa shape index (κ2) is 16.5. The van der Waals surface area contributed by atoms with Crippen molar-refractivity contribution >= 4 is 40.0 Å². The Balaban J connectivity index is 1.14. The number of rotatable bonds is 10. The summed E-state index contributed by atoms with van der Waals surface area (Å²) in [6.45, 7) is 0. The lowest BCUT2D eigenvalue weighted by Crippen LogP contribution is -2.18. The largest absolute Gasteiger partial charge is 0.311 e. The Bertz CT molecular complexity index is 2530. The smallest absolute Gasteiger partial charge is 0.0497 e. The molecule has 57 heavy (non-hydrogen) atoms. The van der Waals surface area contributed by atoms with Crippen molar-refractivity contribution in [2.45, 2.75) is 12.3 Å². The van der Waals surface area contributed by atoms with Crippen LogP contribution in [0.15, 0.2) is 236 Å². The molecule has 3 heteroatoms. The number of benzene rings is 8. The lowest BCUT2D eigenvalue weighted by atomic mass is 9.91. The van der Waals surface area contributed by atoms with Gasteiger partial charge in [-0.1, -0.05) is 181 Å². The summed E-state index contributed by atoms with van der Waals surface area (Å²) in [5.74, 6) is 0.320. The summed E-state index contributed by atoms with van der Waals surface area (Å²) in [4.78, 5) is 4.63. The summed E-state index contributed by atoms with van der Waals surface area (Å²) in [6.07, 6.45) is 7.84. The average molecular weight is 753 g/mol. The number of halogens is 1. The molecule has 0 saturated heterocycles. The van der Waals surface area contributed by atoms with E-state index in [1.165, 1.54) is 38.9 Å². The summed E-state index contributed by atoms with van der Waals surface area (Å²) in [5, 5.41) is 0.655. The van der Waals surface area contributed by atoms with Crippen LogP contribution in [-0.2, 0) is 0 Å². The summed E-state index contributed by atoms with van der Waals surface area (Å²) in [5.41, 5.74) is 14.6. The van der Waals surface area contributed by atoms with E-state index in [9.17, 15) is 0 Å². The van der Waals surface area contributed by atoms with Crippen LogP contribution < -0.4 is 9.80 Å². The van der Waals surface area contributed by atoms with Gasteiger partial charge in [-0.15, -0.1) is 0 Å². The highest BCUT2D eigenvalue weighted by Crippen LogP contribution is 2.43. The molecule has 0 amide bonds. The van der Waals surface area contributed by atoms with Crippen LogP contribution in [0.25, 0.3) is 33.4 Å². The van der Waals surface area contributed by atoms with E-state index in [4.69, 9.17) is 11.6 Å². The van der Waals surface area contributed by atoms with Gasteiger partial charge in [-0.3, -0.25) is 0 Å². The number of anilines is 5. The van der Waals surface area contributed by atoms with Crippen LogP contribution >= 0.6 is 11.6 Å². The highest BCUT2D eigenvalue weighted by molar-refractivity contribution is 6.31. The van der Waals surface area contributed by atoms with Crippen LogP contribution in [0.3, 0.4) is 0 Å². The molecule has 1 atom stereocenters. The number of nitrogens with zero attached hydrogens (tertiary/aromatic N) is 2. The van der Waals surface area contributed by atoms with E-state index in [0.717, 1.165) is 40.6 Å². The lowest BCUT2D eigenvalue weighted by Gasteiger charge is -2.31. The zero-order chi connectivity index (χ0) is 38.4. The van der Waals surface area contributed by atoms with Crippen LogP contribution in [0.5, 0.6) is 0 Å². The molecular weight excluding hydrogens is 712 g/mol. The highest BCUT2D eigenvalue weighted by Gasteiger charge is 2.22. The topological polar surface area (TPSA) is 6.48 Å². The second-order valence-electron chi connectivity index (χ2n) is 14.3. The first-order valence-corrected chi connectivity index (χ1v) is 19.8. The summed E-state index contributed by atoms with van der Waals surface area (Å²) in [7, 11) is 0. The van der Waals surface area contributed by atoms with Gasteiger partial charge < -0.3 is 9.80 Å². The van der Waals surface area contributed by atoms with Crippen molar-refractivity contribution in [2.75, 3.05) is 9.80 Å². The minimum absolute atomic E-state index is 0.320. The minimum Gasteiger partial charge on any atom is -0.311 e. The van der Waals surface area contributed by atoms with Crippen LogP contribution in [0.4, 0.5) is 28.4 Å². The Hall–Kier alpha value is -6.87. The van der Waals surface area contributed by atoms with E-state index in [0.29, 0.717) is 10.9 Å². The zero-order valence-electron chi connectivity index (χ0n) is 31.5. The molecule has 0 saturated carbocycles. The van der Waals surface area contributed by atoms with Crippen molar-refractivity contribution in [3.63, 3.8) is 0 Å². The first-order chi connectivity index (χ1) is 28.2. The first-order valence-electron chi connectivity index (χ1n) is 19.5. The van der Waals surface area contributed by atoms with Gasteiger partial charge in [0.05, 0.1) is 0 Å². The molecule has 0 N–H and O–H groups in total. The minimum atomic E-state index is 0.320.